The van der Waals surface area contributed by atoms with E-state index < -0.39 is 0 Å². The lowest BCUT2D eigenvalue weighted by atomic mass is 9.91. The number of carbonyl (C=O) groups is 1. The number of hydrogen-bond donors (Lipinski definition) is 1. The van der Waals surface area contributed by atoms with E-state index in [1.807, 2.05) is 77.5 Å². The average Bonchev–Trinajstić information content (AvgIpc) is 3.36. The van der Waals surface area contributed by atoms with Crippen LogP contribution in [0.4, 0.5) is 11.4 Å². The monoisotopic (exact) mass is 419 g/mol. The molecule has 1 aromatic heterocycles. The van der Waals surface area contributed by atoms with Crippen molar-refractivity contribution in [2.45, 2.75) is 0 Å². The molecule has 1 heterocycles. The van der Waals surface area contributed by atoms with Crippen LogP contribution in [0.1, 0.15) is 5.56 Å². The van der Waals surface area contributed by atoms with E-state index in [4.69, 9.17) is 4.99 Å². The maximum absolute atomic E-state index is 11.7. The van der Waals surface area contributed by atoms with Crippen molar-refractivity contribution in [3.8, 4) is 5.69 Å². The third kappa shape index (κ3) is 4.60. The maximum Gasteiger partial charge on any atom is 0.247 e. The zero-order chi connectivity index (χ0) is 22.3. The minimum Gasteiger partial charge on any atom is -0.323 e. The minimum absolute atomic E-state index is 0.261. The first-order chi connectivity index (χ1) is 15.7. The number of carbonyl (C=O) groups excluding carboxylic acids is 1. The summed E-state index contributed by atoms with van der Waals surface area (Å²) in [5.41, 5.74) is 5.92. The van der Waals surface area contributed by atoms with Crippen LogP contribution in [0.5, 0.6) is 0 Å². The molecule has 0 fully saturated rings. The van der Waals surface area contributed by atoms with E-state index in [0.717, 1.165) is 33.8 Å². The van der Waals surface area contributed by atoms with Gasteiger partial charge in [0.25, 0.3) is 0 Å². The van der Waals surface area contributed by atoms with E-state index >= 15 is 0 Å². The van der Waals surface area contributed by atoms with Crippen LogP contribution in [0.3, 0.4) is 0 Å². The number of imidazole rings is 1. The van der Waals surface area contributed by atoms with Gasteiger partial charge in [-0.1, -0.05) is 36.9 Å². The van der Waals surface area contributed by atoms with Gasteiger partial charge in [-0.05, 0) is 54.8 Å². The summed E-state index contributed by atoms with van der Waals surface area (Å²) in [4.78, 5) is 24.7. The molecule has 4 rings (SSSR count). The van der Waals surface area contributed by atoms with Crippen LogP contribution in [-0.4, -0.2) is 27.9 Å². The molecule has 0 radical (unpaired) electrons. The Hall–Kier alpha value is -4.58. The van der Waals surface area contributed by atoms with Crippen molar-refractivity contribution >= 4 is 35.3 Å². The number of nitrogens with zero attached hydrogens (tertiary/aromatic N) is 4. The number of aromatic nitrogens is 2. The first-order valence-corrected chi connectivity index (χ1v) is 9.94. The van der Waals surface area contributed by atoms with Crippen LogP contribution in [0, 0.1) is 0 Å². The number of amides is 1. The molecule has 1 aliphatic rings. The smallest absolute Gasteiger partial charge is 0.247 e. The number of allylic oxidation sites excluding steroid dienone is 5. The molecular formula is C26H21N5O. The second-order valence-electron chi connectivity index (χ2n) is 6.93. The van der Waals surface area contributed by atoms with Crippen molar-refractivity contribution in [3.63, 3.8) is 0 Å². The van der Waals surface area contributed by atoms with Gasteiger partial charge in [-0.3, -0.25) is 9.79 Å². The summed E-state index contributed by atoms with van der Waals surface area (Å²) >= 11 is 0. The summed E-state index contributed by atoms with van der Waals surface area (Å²) in [5.74, 6) is -0.261. The third-order valence-corrected chi connectivity index (χ3v) is 4.82. The summed E-state index contributed by atoms with van der Waals surface area (Å²) in [6.07, 6.45) is 14.2. The summed E-state index contributed by atoms with van der Waals surface area (Å²) in [6, 6.07) is 15.5. The highest BCUT2D eigenvalue weighted by Gasteiger charge is 2.17. The molecule has 0 spiro atoms. The maximum atomic E-state index is 11.7. The number of nitrogens with one attached hydrogen (secondary N) is 1. The van der Waals surface area contributed by atoms with Crippen LogP contribution < -0.4 is 5.32 Å². The average molecular weight is 419 g/mol. The molecule has 32 heavy (non-hydrogen) atoms. The fourth-order valence-corrected chi connectivity index (χ4v) is 3.32. The van der Waals surface area contributed by atoms with Crippen LogP contribution in [0.2, 0.25) is 0 Å². The standard InChI is InChI=1S/C26H21N5O/c1-3-25(32)29-22-8-4-6-19(16-22)24-9-5-7-20(17-27-2)26(24)30-21-10-12-23(13-11-21)31-15-14-28-18-31/h3-18H,1-2H2,(H,29,32)/b20-17-,30-26+. The van der Waals surface area contributed by atoms with E-state index in [1.165, 1.54) is 6.08 Å². The van der Waals surface area contributed by atoms with Gasteiger partial charge in [-0.15, -0.1) is 0 Å². The molecule has 0 atom stereocenters. The summed E-state index contributed by atoms with van der Waals surface area (Å²) in [7, 11) is 0. The molecular weight excluding hydrogens is 398 g/mol. The molecule has 1 N–H and O–H groups in total. The Balaban J connectivity index is 1.73. The lowest BCUT2D eigenvalue weighted by Crippen LogP contribution is -2.10. The Morgan fingerprint density at radius 3 is 2.72 bits per heavy atom. The molecule has 0 bridgehead atoms. The van der Waals surface area contributed by atoms with E-state index in [1.54, 1.807) is 18.7 Å². The predicted octanol–water partition coefficient (Wildman–Crippen LogP) is 5.31. The number of rotatable bonds is 6. The molecule has 2 aromatic carbocycles. The second kappa shape index (κ2) is 9.49. The largest absolute Gasteiger partial charge is 0.323 e. The molecule has 1 aliphatic carbocycles. The lowest BCUT2D eigenvalue weighted by molar-refractivity contribution is -0.111. The zero-order valence-electron chi connectivity index (χ0n) is 17.3. The van der Waals surface area contributed by atoms with Crippen molar-refractivity contribution in [2.24, 2.45) is 9.98 Å². The first-order valence-electron chi connectivity index (χ1n) is 9.94. The van der Waals surface area contributed by atoms with Gasteiger partial charge in [0.05, 0.1) is 17.7 Å². The summed E-state index contributed by atoms with van der Waals surface area (Å²) in [5, 5.41) is 2.80. The number of benzene rings is 2. The van der Waals surface area contributed by atoms with Gasteiger partial charge in [0.15, 0.2) is 0 Å². The van der Waals surface area contributed by atoms with Crippen LogP contribution in [0.25, 0.3) is 11.3 Å². The highest BCUT2D eigenvalue weighted by Crippen LogP contribution is 2.29. The van der Waals surface area contributed by atoms with Gasteiger partial charge >= 0.3 is 0 Å². The Labute approximate surface area is 186 Å². The molecule has 6 heteroatoms. The van der Waals surface area contributed by atoms with E-state index in [0.29, 0.717) is 5.69 Å². The Morgan fingerprint density at radius 2 is 2.00 bits per heavy atom. The summed E-state index contributed by atoms with van der Waals surface area (Å²) < 4.78 is 1.93. The molecule has 6 nitrogen and oxygen atoms in total. The van der Waals surface area contributed by atoms with E-state index in [9.17, 15) is 4.79 Å². The molecule has 0 unspecified atom stereocenters. The van der Waals surface area contributed by atoms with Gasteiger partial charge < -0.3 is 9.88 Å². The van der Waals surface area contributed by atoms with E-state index in [-0.39, 0.29) is 5.91 Å². The number of anilines is 1. The topological polar surface area (TPSA) is 71.6 Å². The van der Waals surface area contributed by atoms with Crippen LogP contribution in [0.15, 0.2) is 120 Å². The zero-order valence-corrected chi connectivity index (χ0v) is 17.3. The highest BCUT2D eigenvalue weighted by molar-refractivity contribution is 6.34. The fraction of sp³-hybridized carbons (Fsp3) is 0. The second-order valence-corrected chi connectivity index (χ2v) is 6.93. The minimum atomic E-state index is -0.261. The Kier molecular flexibility index (Phi) is 6.13. The van der Waals surface area contributed by atoms with Crippen molar-refractivity contribution in [3.05, 3.63) is 115 Å². The van der Waals surface area contributed by atoms with Crippen LogP contribution in [-0.2, 0) is 4.79 Å². The fourth-order valence-electron chi connectivity index (χ4n) is 3.32. The lowest BCUT2D eigenvalue weighted by Gasteiger charge is -2.16. The normalized spacial score (nSPS) is 15.4. The van der Waals surface area contributed by atoms with Gasteiger partial charge in [-0.25, -0.2) is 9.98 Å². The Bertz CT molecular complexity index is 1280. The van der Waals surface area contributed by atoms with Crippen molar-refractivity contribution in [2.75, 3.05) is 5.32 Å². The third-order valence-electron chi connectivity index (χ3n) is 4.82. The van der Waals surface area contributed by atoms with Gasteiger partial charge in [0.2, 0.25) is 5.91 Å². The van der Waals surface area contributed by atoms with Crippen molar-refractivity contribution in [1.82, 2.24) is 9.55 Å². The van der Waals surface area contributed by atoms with Gasteiger partial charge in [-0.2, -0.15) is 0 Å². The van der Waals surface area contributed by atoms with Crippen molar-refractivity contribution in [1.29, 1.82) is 0 Å². The quantitative estimate of drug-likeness (QED) is 0.435. The summed E-state index contributed by atoms with van der Waals surface area (Å²) in [6.45, 7) is 7.09. The predicted molar refractivity (Wildman–Crippen MR) is 131 cm³/mol. The molecule has 0 saturated carbocycles. The molecule has 0 saturated heterocycles. The molecule has 3 aromatic rings. The van der Waals surface area contributed by atoms with Crippen molar-refractivity contribution < 1.29 is 4.79 Å². The Morgan fingerprint density at radius 1 is 1.16 bits per heavy atom. The SMILES string of the molecule is C=CC(=O)Nc1cccc(C2=CC=CC(=C/N=C)/C2=N\c2ccc(-n3ccnc3)cc2)c1. The number of hydrogen-bond acceptors (Lipinski definition) is 4. The molecule has 156 valence electrons. The molecule has 0 aliphatic heterocycles. The van der Waals surface area contributed by atoms with Gasteiger partial charge in [0.1, 0.15) is 0 Å². The highest BCUT2D eigenvalue weighted by atomic mass is 16.1. The molecule has 1 amide bonds. The van der Waals surface area contributed by atoms with E-state index in [2.05, 4.69) is 28.6 Å². The first kappa shape index (κ1) is 20.7. The van der Waals surface area contributed by atoms with Gasteiger partial charge in [0, 0.05) is 41.1 Å². The number of aliphatic imine (C=N–C) groups is 2. The van der Waals surface area contributed by atoms with Crippen LogP contribution >= 0.6 is 0 Å².